The van der Waals surface area contributed by atoms with Crippen molar-refractivity contribution in [1.29, 1.82) is 0 Å². The first-order chi connectivity index (χ1) is 17.1. The van der Waals surface area contributed by atoms with E-state index in [0.717, 1.165) is 54.9 Å². The predicted molar refractivity (Wildman–Crippen MR) is 135 cm³/mol. The van der Waals surface area contributed by atoms with Crippen LogP contribution >= 0.6 is 12.4 Å². The van der Waals surface area contributed by atoms with Crippen molar-refractivity contribution in [2.24, 2.45) is 0 Å². The van der Waals surface area contributed by atoms with Crippen LogP contribution in [0.2, 0.25) is 0 Å². The summed E-state index contributed by atoms with van der Waals surface area (Å²) in [5.74, 6) is -0.0566. The molecule has 0 unspecified atom stereocenters. The Kier molecular flexibility index (Phi) is 7.30. The molecule has 37 heavy (non-hydrogen) atoms. The Morgan fingerprint density at radius 1 is 1.05 bits per heavy atom. The molecule has 0 bridgehead atoms. The molecule has 6 nitrogen and oxygen atoms in total. The highest BCUT2D eigenvalue weighted by Crippen LogP contribution is 2.40. The van der Waals surface area contributed by atoms with Gasteiger partial charge in [-0.15, -0.1) is 12.4 Å². The molecular formula is C27H25ClF3N3O3. The Morgan fingerprint density at radius 3 is 2.54 bits per heavy atom. The number of Topliss-reactive ketones (excluding diaryl/α,β-unsaturated/α-hetero) is 1. The highest BCUT2D eigenvalue weighted by molar-refractivity contribution is 6.05. The van der Waals surface area contributed by atoms with E-state index in [1.807, 2.05) is 25.1 Å². The first-order valence-corrected chi connectivity index (χ1v) is 11.7. The van der Waals surface area contributed by atoms with Gasteiger partial charge in [0.2, 0.25) is 0 Å². The largest absolute Gasteiger partial charge is 0.486 e. The van der Waals surface area contributed by atoms with Gasteiger partial charge in [0.05, 0.1) is 12.0 Å². The third-order valence-electron chi connectivity index (χ3n) is 6.72. The number of fused-ring (bicyclic) bond motifs is 1. The number of carbonyl (C=O) groups is 2. The van der Waals surface area contributed by atoms with E-state index in [2.05, 4.69) is 15.6 Å². The number of carbonyl (C=O) groups excluding carboxylic acids is 2. The number of rotatable bonds is 3. The van der Waals surface area contributed by atoms with Crippen molar-refractivity contribution in [3.05, 3.63) is 77.1 Å². The molecule has 0 saturated carbocycles. The van der Waals surface area contributed by atoms with Crippen LogP contribution < -0.4 is 15.4 Å². The summed E-state index contributed by atoms with van der Waals surface area (Å²) in [5, 5.41) is 5.96. The van der Waals surface area contributed by atoms with Crippen LogP contribution in [-0.4, -0.2) is 35.4 Å². The van der Waals surface area contributed by atoms with Crippen molar-refractivity contribution in [1.82, 2.24) is 10.3 Å². The Hall–Kier alpha value is -3.43. The number of nitrogens with zero attached hydrogens (tertiary/aromatic N) is 1. The fourth-order valence-corrected chi connectivity index (χ4v) is 4.76. The topological polar surface area (TPSA) is 80.3 Å². The van der Waals surface area contributed by atoms with Crippen molar-refractivity contribution < 1.29 is 27.5 Å². The molecule has 0 radical (unpaired) electrons. The summed E-state index contributed by atoms with van der Waals surface area (Å²) in [7, 11) is 0. The van der Waals surface area contributed by atoms with E-state index in [4.69, 9.17) is 4.74 Å². The molecule has 1 amide bonds. The highest BCUT2D eigenvalue weighted by atomic mass is 35.5. The predicted octanol–water partition coefficient (Wildman–Crippen LogP) is 5.84. The van der Waals surface area contributed by atoms with E-state index in [0.29, 0.717) is 23.4 Å². The summed E-state index contributed by atoms with van der Waals surface area (Å²) in [6.45, 7) is 3.51. The molecule has 10 heteroatoms. The van der Waals surface area contributed by atoms with Crippen LogP contribution in [0, 0.1) is 6.92 Å². The number of anilines is 1. The third kappa shape index (κ3) is 5.47. The van der Waals surface area contributed by atoms with Gasteiger partial charge in [-0.25, -0.2) is 0 Å². The smallest absolute Gasteiger partial charge is 0.433 e. The number of hydrogen-bond acceptors (Lipinski definition) is 5. The second-order valence-corrected chi connectivity index (χ2v) is 9.26. The zero-order valence-electron chi connectivity index (χ0n) is 19.9. The van der Waals surface area contributed by atoms with Crippen LogP contribution in [-0.2, 0) is 6.18 Å². The second kappa shape index (κ2) is 10.1. The summed E-state index contributed by atoms with van der Waals surface area (Å²) in [4.78, 5) is 28.8. The van der Waals surface area contributed by atoms with Crippen molar-refractivity contribution in [2.45, 2.75) is 38.0 Å². The summed E-state index contributed by atoms with van der Waals surface area (Å²) in [6, 6.07) is 12.7. The SMILES string of the molecule is Cc1ccc(NC(=O)c2ccnc(C(F)(F)F)c2)cc1-c1ccc2c(c1)OC1(CCNCC1)CC2=O.Cl. The van der Waals surface area contributed by atoms with E-state index < -0.39 is 23.4 Å². The first-order valence-electron chi connectivity index (χ1n) is 11.7. The van der Waals surface area contributed by atoms with Gasteiger partial charge >= 0.3 is 6.18 Å². The molecule has 1 fully saturated rings. The molecule has 5 rings (SSSR count). The fraction of sp³-hybridized carbons (Fsp3) is 0.296. The molecule has 2 aliphatic rings. The van der Waals surface area contributed by atoms with Crippen LogP contribution in [0.15, 0.2) is 54.7 Å². The maximum Gasteiger partial charge on any atom is 0.433 e. The maximum atomic E-state index is 13.0. The van der Waals surface area contributed by atoms with E-state index in [-0.39, 0.29) is 23.8 Å². The number of pyridine rings is 1. The number of benzene rings is 2. The van der Waals surface area contributed by atoms with E-state index in [1.54, 1.807) is 18.2 Å². The Balaban J connectivity index is 0.00000320. The van der Waals surface area contributed by atoms with Crippen LogP contribution in [0.4, 0.5) is 18.9 Å². The zero-order valence-corrected chi connectivity index (χ0v) is 20.8. The number of amides is 1. The molecule has 2 aromatic carbocycles. The number of aryl methyl sites for hydroxylation is 1. The quantitative estimate of drug-likeness (QED) is 0.444. The molecule has 3 aromatic rings. The van der Waals surface area contributed by atoms with E-state index >= 15 is 0 Å². The normalized spacial score (nSPS) is 16.4. The molecule has 1 spiro atoms. The average Bonchev–Trinajstić information content (AvgIpc) is 2.85. The fourth-order valence-electron chi connectivity index (χ4n) is 4.76. The second-order valence-electron chi connectivity index (χ2n) is 9.26. The average molecular weight is 532 g/mol. The minimum absolute atomic E-state index is 0. The number of aromatic nitrogens is 1. The lowest BCUT2D eigenvalue weighted by molar-refractivity contribution is -0.141. The van der Waals surface area contributed by atoms with Gasteiger partial charge in [0, 0.05) is 30.3 Å². The standard InChI is InChI=1S/C27H24F3N3O3.ClH/c1-16-2-4-19(33-25(35)18-6-9-32-24(13-18)27(28,29)30)14-21(16)17-3-5-20-22(34)15-26(36-23(20)12-17)7-10-31-11-8-26;/h2-6,9,12-14,31H,7-8,10-11,15H2,1H3,(H,33,35);1H. The van der Waals surface area contributed by atoms with Crippen LogP contribution in [0.25, 0.3) is 11.1 Å². The molecule has 2 N–H and O–H groups in total. The molecule has 3 heterocycles. The van der Waals surface area contributed by atoms with Gasteiger partial charge in [0.1, 0.15) is 17.0 Å². The lowest BCUT2D eigenvalue weighted by Gasteiger charge is -2.41. The molecule has 0 atom stereocenters. The van der Waals surface area contributed by atoms with Crippen LogP contribution in [0.3, 0.4) is 0 Å². The lowest BCUT2D eigenvalue weighted by atomic mass is 9.82. The van der Waals surface area contributed by atoms with Crippen molar-refractivity contribution in [2.75, 3.05) is 18.4 Å². The van der Waals surface area contributed by atoms with Crippen molar-refractivity contribution in [3.8, 4) is 16.9 Å². The van der Waals surface area contributed by atoms with Gasteiger partial charge in [0.25, 0.3) is 5.91 Å². The maximum absolute atomic E-state index is 13.0. The molecule has 194 valence electrons. The first kappa shape index (κ1) is 26.6. The number of alkyl halides is 3. The summed E-state index contributed by atoms with van der Waals surface area (Å²) in [5.41, 5.74) is 1.76. The zero-order chi connectivity index (χ0) is 25.5. The molecule has 1 saturated heterocycles. The van der Waals surface area contributed by atoms with Crippen molar-refractivity contribution >= 4 is 29.8 Å². The summed E-state index contributed by atoms with van der Waals surface area (Å²) in [6.07, 6.45) is -1.80. The monoisotopic (exact) mass is 531 g/mol. The number of hydrogen-bond donors (Lipinski definition) is 2. The number of ketones is 1. The molecular weight excluding hydrogens is 507 g/mol. The Morgan fingerprint density at radius 2 is 1.81 bits per heavy atom. The van der Waals surface area contributed by atoms with Crippen LogP contribution in [0.1, 0.15) is 51.2 Å². The molecule has 2 aliphatic heterocycles. The van der Waals surface area contributed by atoms with Gasteiger partial charge in [0.15, 0.2) is 5.78 Å². The van der Waals surface area contributed by atoms with Gasteiger partial charge in [-0.05, 0) is 73.1 Å². The number of piperidine rings is 1. The Bertz CT molecular complexity index is 1350. The summed E-state index contributed by atoms with van der Waals surface area (Å²) >= 11 is 0. The molecule has 0 aliphatic carbocycles. The number of halogens is 4. The lowest BCUT2D eigenvalue weighted by Crippen LogP contribution is -2.49. The highest BCUT2D eigenvalue weighted by Gasteiger charge is 2.41. The number of nitrogens with one attached hydrogen (secondary N) is 2. The van der Waals surface area contributed by atoms with E-state index in [9.17, 15) is 22.8 Å². The van der Waals surface area contributed by atoms with E-state index in [1.165, 1.54) is 6.07 Å². The third-order valence-corrected chi connectivity index (χ3v) is 6.72. The Labute approximate surface area is 218 Å². The van der Waals surface area contributed by atoms with Gasteiger partial charge in [-0.2, -0.15) is 13.2 Å². The molecule has 1 aromatic heterocycles. The minimum Gasteiger partial charge on any atom is -0.486 e. The van der Waals surface area contributed by atoms with Gasteiger partial charge < -0.3 is 15.4 Å². The minimum atomic E-state index is -4.64. The van der Waals surface area contributed by atoms with Gasteiger partial charge in [-0.3, -0.25) is 14.6 Å². The number of ether oxygens (including phenoxy) is 1. The van der Waals surface area contributed by atoms with Crippen molar-refractivity contribution in [3.63, 3.8) is 0 Å². The van der Waals surface area contributed by atoms with Gasteiger partial charge in [-0.1, -0.05) is 12.1 Å². The van der Waals surface area contributed by atoms with Crippen LogP contribution in [0.5, 0.6) is 5.75 Å². The summed E-state index contributed by atoms with van der Waals surface area (Å²) < 4.78 is 45.3.